The van der Waals surface area contributed by atoms with Gasteiger partial charge in [-0.15, -0.1) is 0 Å². The lowest BCUT2D eigenvalue weighted by molar-refractivity contribution is 0.318. The molecule has 3 N–H and O–H groups in total. The fourth-order valence-corrected chi connectivity index (χ4v) is 2.12. The summed E-state index contributed by atoms with van der Waals surface area (Å²) in [6.07, 6.45) is 3.61. The van der Waals surface area contributed by atoms with E-state index in [9.17, 15) is 0 Å². The summed E-state index contributed by atoms with van der Waals surface area (Å²) in [7, 11) is 0. The van der Waals surface area contributed by atoms with Gasteiger partial charge in [0.05, 0.1) is 5.69 Å². The van der Waals surface area contributed by atoms with Gasteiger partial charge in [0.2, 0.25) is 0 Å². The minimum atomic E-state index is 0.0830. The second kappa shape index (κ2) is 4.58. The van der Waals surface area contributed by atoms with Crippen LogP contribution in [0.1, 0.15) is 11.4 Å². The van der Waals surface area contributed by atoms with Crippen molar-refractivity contribution in [3.05, 3.63) is 46.5 Å². The molecule has 0 atom stereocenters. The lowest BCUT2D eigenvalue weighted by Gasteiger charge is -2.09. The second-order valence-corrected chi connectivity index (χ2v) is 4.35. The molecule has 0 radical (unpaired) electrons. The van der Waals surface area contributed by atoms with Crippen molar-refractivity contribution in [2.45, 2.75) is 6.92 Å². The van der Waals surface area contributed by atoms with Crippen molar-refractivity contribution in [3.63, 3.8) is 0 Å². The third-order valence-electron chi connectivity index (χ3n) is 2.44. The van der Waals surface area contributed by atoms with Crippen molar-refractivity contribution in [3.8, 4) is 5.69 Å². The first kappa shape index (κ1) is 11.7. The van der Waals surface area contributed by atoms with Gasteiger partial charge < -0.3 is 15.5 Å². The Labute approximate surface area is 107 Å². The van der Waals surface area contributed by atoms with Gasteiger partial charge in [0.15, 0.2) is 5.84 Å². The van der Waals surface area contributed by atoms with E-state index >= 15 is 0 Å². The molecule has 0 aliphatic heterocycles. The fraction of sp³-hybridized carbons (Fsp3) is 0.0909. The fourth-order valence-electron chi connectivity index (χ4n) is 1.55. The Kier molecular flexibility index (Phi) is 3.14. The highest BCUT2D eigenvalue weighted by molar-refractivity contribution is 9.10. The Morgan fingerprint density at radius 2 is 2.29 bits per heavy atom. The number of imidazole rings is 1. The lowest BCUT2D eigenvalue weighted by atomic mass is 10.2. The monoisotopic (exact) mass is 294 g/mol. The number of oxime groups is 1. The number of aromatic nitrogens is 2. The summed E-state index contributed by atoms with van der Waals surface area (Å²) >= 11 is 3.46. The van der Waals surface area contributed by atoms with Crippen LogP contribution in [0.25, 0.3) is 5.69 Å². The molecule has 1 heterocycles. The van der Waals surface area contributed by atoms with E-state index in [1.54, 1.807) is 18.3 Å². The first-order valence-corrected chi connectivity index (χ1v) is 5.70. The van der Waals surface area contributed by atoms with Crippen LogP contribution in [-0.4, -0.2) is 20.6 Å². The zero-order valence-electron chi connectivity index (χ0n) is 9.13. The van der Waals surface area contributed by atoms with Crippen LogP contribution >= 0.6 is 15.9 Å². The van der Waals surface area contributed by atoms with Gasteiger partial charge in [-0.1, -0.05) is 5.16 Å². The van der Waals surface area contributed by atoms with Gasteiger partial charge in [0, 0.05) is 22.4 Å². The summed E-state index contributed by atoms with van der Waals surface area (Å²) in [5.41, 5.74) is 7.13. The van der Waals surface area contributed by atoms with Gasteiger partial charge in [0.25, 0.3) is 0 Å². The van der Waals surface area contributed by atoms with Crippen molar-refractivity contribution in [1.29, 1.82) is 0 Å². The average Bonchev–Trinajstić information content (AvgIpc) is 2.74. The predicted octanol–water partition coefficient (Wildman–Crippen LogP) is 2.04. The minimum Gasteiger partial charge on any atom is -0.409 e. The molecule has 0 saturated heterocycles. The summed E-state index contributed by atoms with van der Waals surface area (Å²) in [6, 6.07) is 5.46. The molecule has 6 heteroatoms. The lowest BCUT2D eigenvalue weighted by Crippen LogP contribution is -2.13. The van der Waals surface area contributed by atoms with E-state index in [0.29, 0.717) is 5.56 Å². The van der Waals surface area contributed by atoms with E-state index in [-0.39, 0.29) is 5.84 Å². The highest BCUT2D eigenvalue weighted by Crippen LogP contribution is 2.23. The van der Waals surface area contributed by atoms with Crippen molar-refractivity contribution >= 4 is 21.8 Å². The third kappa shape index (κ3) is 2.16. The maximum absolute atomic E-state index is 8.61. The van der Waals surface area contributed by atoms with E-state index in [1.807, 2.05) is 23.8 Å². The van der Waals surface area contributed by atoms with Crippen molar-refractivity contribution in [1.82, 2.24) is 9.55 Å². The molecular weight excluding hydrogens is 284 g/mol. The zero-order valence-corrected chi connectivity index (χ0v) is 10.7. The second-order valence-electron chi connectivity index (χ2n) is 3.50. The van der Waals surface area contributed by atoms with Gasteiger partial charge in [-0.05, 0) is 41.1 Å². The van der Waals surface area contributed by atoms with E-state index in [1.165, 1.54) is 0 Å². The van der Waals surface area contributed by atoms with Crippen LogP contribution in [0.4, 0.5) is 0 Å². The van der Waals surface area contributed by atoms with Gasteiger partial charge in [-0.3, -0.25) is 0 Å². The molecular formula is C11H11BrN4O. The summed E-state index contributed by atoms with van der Waals surface area (Å²) in [6.45, 7) is 1.92. The molecule has 0 bridgehead atoms. The van der Waals surface area contributed by atoms with Crippen molar-refractivity contribution < 1.29 is 5.21 Å². The topological polar surface area (TPSA) is 76.4 Å². The standard InChI is InChI=1S/C11H11BrN4O/c1-7-14-4-5-16(7)10-3-2-8(6-9(10)12)11(13)15-17/h2-6,17H,1H3,(H2,13,15). The average molecular weight is 295 g/mol. The molecule has 0 saturated carbocycles. The quantitative estimate of drug-likeness (QED) is 0.385. The molecule has 0 spiro atoms. The van der Waals surface area contributed by atoms with Crippen molar-refractivity contribution in [2.24, 2.45) is 10.9 Å². The SMILES string of the molecule is Cc1nccn1-c1ccc(/C(N)=N/O)cc1Br. The zero-order chi connectivity index (χ0) is 12.4. The molecule has 0 fully saturated rings. The number of nitrogens with two attached hydrogens (primary N) is 1. The van der Waals surface area contributed by atoms with Gasteiger partial charge >= 0.3 is 0 Å². The molecule has 5 nitrogen and oxygen atoms in total. The smallest absolute Gasteiger partial charge is 0.170 e. The normalized spacial score (nSPS) is 11.8. The van der Waals surface area contributed by atoms with Crippen LogP contribution in [0, 0.1) is 6.92 Å². The van der Waals surface area contributed by atoms with Crippen LogP contribution in [0.15, 0.2) is 40.2 Å². The molecule has 1 aromatic carbocycles. The Morgan fingerprint density at radius 3 is 2.82 bits per heavy atom. The number of hydrogen-bond acceptors (Lipinski definition) is 3. The molecule has 2 aromatic rings. The van der Waals surface area contributed by atoms with E-state index < -0.39 is 0 Å². The van der Waals surface area contributed by atoms with Crippen molar-refractivity contribution in [2.75, 3.05) is 0 Å². The Bertz CT molecular complexity index is 577. The number of rotatable bonds is 2. The van der Waals surface area contributed by atoms with Crippen LogP contribution in [0.5, 0.6) is 0 Å². The minimum absolute atomic E-state index is 0.0830. The third-order valence-corrected chi connectivity index (χ3v) is 3.07. The summed E-state index contributed by atoms with van der Waals surface area (Å²) in [5.74, 6) is 0.974. The summed E-state index contributed by atoms with van der Waals surface area (Å²) in [4.78, 5) is 4.16. The number of amidine groups is 1. The Balaban J connectivity index is 2.50. The molecule has 2 rings (SSSR count). The largest absolute Gasteiger partial charge is 0.409 e. The molecule has 0 unspecified atom stereocenters. The Morgan fingerprint density at radius 1 is 1.53 bits per heavy atom. The number of hydrogen-bond donors (Lipinski definition) is 2. The van der Waals surface area contributed by atoms with Crippen LogP contribution in [0.2, 0.25) is 0 Å². The van der Waals surface area contributed by atoms with Gasteiger partial charge in [-0.2, -0.15) is 0 Å². The highest BCUT2D eigenvalue weighted by Gasteiger charge is 2.07. The predicted molar refractivity (Wildman–Crippen MR) is 68.5 cm³/mol. The maximum Gasteiger partial charge on any atom is 0.170 e. The van der Waals surface area contributed by atoms with E-state index in [2.05, 4.69) is 26.1 Å². The van der Waals surface area contributed by atoms with E-state index in [0.717, 1.165) is 16.0 Å². The number of benzene rings is 1. The number of nitrogens with zero attached hydrogens (tertiary/aromatic N) is 3. The van der Waals surface area contributed by atoms with Crippen LogP contribution < -0.4 is 5.73 Å². The molecule has 88 valence electrons. The summed E-state index contributed by atoms with van der Waals surface area (Å²) in [5, 5.41) is 11.6. The maximum atomic E-state index is 8.61. The van der Waals surface area contributed by atoms with Gasteiger partial charge in [-0.25, -0.2) is 4.98 Å². The molecule has 17 heavy (non-hydrogen) atoms. The molecule has 0 amide bonds. The number of aryl methyl sites for hydroxylation is 1. The van der Waals surface area contributed by atoms with Crippen LogP contribution in [-0.2, 0) is 0 Å². The highest BCUT2D eigenvalue weighted by atomic mass is 79.9. The first-order chi connectivity index (χ1) is 8.13. The van der Waals surface area contributed by atoms with E-state index in [4.69, 9.17) is 10.9 Å². The molecule has 1 aromatic heterocycles. The Hall–Kier alpha value is -1.82. The van der Waals surface area contributed by atoms with Crippen LogP contribution in [0.3, 0.4) is 0 Å². The first-order valence-electron chi connectivity index (χ1n) is 4.91. The summed E-state index contributed by atoms with van der Waals surface area (Å²) < 4.78 is 2.79. The molecule has 0 aliphatic rings. The number of halogens is 1. The molecule has 0 aliphatic carbocycles. The van der Waals surface area contributed by atoms with Gasteiger partial charge in [0.1, 0.15) is 5.82 Å².